The summed E-state index contributed by atoms with van der Waals surface area (Å²) in [5, 5.41) is 4.92. The van der Waals surface area contributed by atoms with E-state index in [0.29, 0.717) is 0 Å². The third kappa shape index (κ3) is 12.9. The lowest BCUT2D eigenvalue weighted by Gasteiger charge is -2.49. The van der Waals surface area contributed by atoms with Gasteiger partial charge >= 0.3 is 0 Å². The van der Waals surface area contributed by atoms with Crippen LogP contribution in [0.1, 0.15) is 216 Å². The number of hydrogen-bond acceptors (Lipinski definition) is 5. The molecule has 18 aromatic carbocycles. The first-order valence-electron chi connectivity index (χ1n) is 51.4. The van der Waals surface area contributed by atoms with Crippen LogP contribution in [0.5, 0.6) is 0 Å². The van der Waals surface area contributed by atoms with Crippen LogP contribution >= 0.6 is 11.3 Å². The molecular weight excluding hydrogens is 1750 g/mol. The van der Waals surface area contributed by atoms with E-state index in [0.717, 1.165) is 44.7 Å². The van der Waals surface area contributed by atoms with Gasteiger partial charge in [-0.15, -0.1) is 11.3 Å². The summed E-state index contributed by atoms with van der Waals surface area (Å²) in [5.74, 6) is 0. The van der Waals surface area contributed by atoms with Crippen molar-refractivity contribution in [1.82, 2.24) is 0 Å². The smallest absolute Gasteiger partial charge is 0.137 e. The van der Waals surface area contributed by atoms with Crippen molar-refractivity contribution in [3.8, 4) is 77.9 Å². The maximum Gasteiger partial charge on any atom is 0.137 e. The minimum Gasteiger partial charge on any atom is -0.456 e. The highest BCUT2D eigenvalue weighted by Gasteiger charge is 2.53. The summed E-state index contributed by atoms with van der Waals surface area (Å²) >= 11 is 1.87. The van der Waals surface area contributed by atoms with E-state index in [1.165, 1.54) is 204 Å². The molecule has 0 unspecified atom stereocenters. The second-order valence-corrected chi connectivity index (χ2v) is 47.8. The molecule has 4 nitrogen and oxygen atoms in total. The zero-order valence-corrected chi connectivity index (χ0v) is 86.8. The Balaban J connectivity index is 0.000000113. The Morgan fingerprint density at radius 3 is 0.930 bits per heavy atom. The fraction of sp³-hybridized carbons (Fsp3) is 0.217. The molecule has 2 aromatic heterocycles. The first kappa shape index (κ1) is 89.7. The van der Waals surface area contributed by atoms with E-state index in [1.54, 1.807) is 0 Å². The van der Waals surface area contributed by atoms with Crippen molar-refractivity contribution in [2.75, 3.05) is 14.7 Å². The Kier molecular flexibility index (Phi) is 19.7. The molecule has 0 bridgehead atoms. The van der Waals surface area contributed by atoms with Crippen molar-refractivity contribution in [3.63, 3.8) is 0 Å². The lowest BCUT2D eigenvalue weighted by molar-refractivity contribution is 0.299. The fourth-order valence-corrected chi connectivity index (χ4v) is 27.5. The fourth-order valence-electron chi connectivity index (χ4n) is 26.5. The van der Waals surface area contributed by atoms with E-state index in [-0.39, 0.29) is 54.1 Å². The largest absolute Gasteiger partial charge is 0.456 e. The molecule has 702 valence electrons. The van der Waals surface area contributed by atoms with Crippen LogP contribution in [0.4, 0.5) is 51.2 Å². The molecule has 0 saturated heterocycles. The van der Waals surface area contributed by atoms with Crippen LogP contribution in [-0.4, -0.2) is 0 Å². The quantitative estimate of drug-likeness (QED) is 0.144. The number of furan rings is 1. The molecule has 0 N–H and O–H groups in total. The molecule has 5 heteroatoms. The summed E-state index contributed by atoms with van der Waals surface area (Å²) in [7, 11) is 0. The van der Waals surface area contributed by atoms with Crippen molar-refractivity contribution in [2.45, 2.75) is 193 Å². The predicted octanol–water partition coefficient (Wildman–Crippen LogP) is 38.7. The molecule has 0 saturated carbocycles. The number of rotatable bonds is 9. The molecule has 0 fully saturated rings. The van der Waals surface area contributed by atoms with E-state index in [2.05, 4.69) is 523 Å². The Labute approximate surface area is 848 Å². The third-order valence-electron chi connectivity index (χ3n) is 36.7. The molecular formula is C138H123N3OS. The van der Waals surface area contributed by atoms with Gasteiger partial charge in [-0.3, -0.25) is 0 Å². The van der Waals surface area contributed by atoms with Crippen molar-refractivity contribution >= 4 is 105 Å². The average Bonchev–Trinajstić information content (AvgIpc) is 1.39. The summed E-state index contributed by atoms with van der Waals surface area (Å²) in [6, 6.07) is 143. The van der Waals surface area contributed by atoms with Crippen molar-refractivity contribution in [2.24, 2.45) is 0 Å². The monoisotopic (exact) mass is 1870 g/mol. The highest BCUT2D eigenvalue weighted by molar-refractivity contribution is 7.25. The van der Waals surface area contributed by atoms with E-state index in [4.69, 9.17) is 4.42 Å². The van der Waals surface area contributed by atoms with Crippen molar-refractivity contribution in [3.05, 3.63) is 460 Å². The second kappa shape index (κ2) is 31.4. The van der Waals surface area contributed by atoms with Crippen LogP contribution in [0.2, 0.25) is 0 Å². The number of thiophene rings is 1. The van der Waals surface area contributed by atoms with Crippen LogP contribution in [0.3, 0.4) is 0 Å². The Morgan fingerprint density at radius 2 is 0.441 bits per heavy atom. The summed E-state index contributed by atoms with van der Waals surface area (Å²) < 4.78 is 9.00. The first-order valence-corrected chi connectivity index (χ1v) is 52.2. The van der Waals surface area contributed by atoms with Gasteiger partial charge in [0.25, 0.3) is 0 Å². The zero-order valence-electron chi connectivity index (χ0n) is 86.0. The van der Waals surface area contributed by atoms with Crippen LogP contribution in [0.25, 0.3) is 120 Å². The predicted molar refractivity (Wildman–Crippen MR) is 608 cm³/mol. The van der Waals surface area contributed by atoms with Gasteiger partial charge in [0.1, 0.15) is 11.2 Å². The minimum absolute atomic E-state index is 0.00275. The Bertz CT molecular complexity index is 8720. The number of para-hydroxylation sites is 4. The number of hydrogen-bond donors (Lipinski definition) is 0. The molecule has 27 rings (SSSR count). The Hall–Kier alpha value is -14.6. The summed E-state index contributed by atoms with van der Waals surface area (Å²) in [6.45, 7) is 48.3. The third-order valence-corrected chi connectivity index (χ3v) is 37.8. The molecule has 2 heterocycles. The van der Waals surface area contributed by atoms with Crippen molar-refractivity contribution < 1.29 is 4.42 Å². The van der Waals surface area contributed by atoms with E-state index >= 15 is 0 Å². The van der Waals surface area contributed by atoms with Gasteiger partial charge in [0.15, 0.2) is 0 Å². The summed E-state index contributed by atoms with van der Waals surface area (Å²) in [6.07, 6.45) is 0. The Morgan fingerprint density at radius 1 is 0.161 bits per heavy atom. The van der Waals surface area contributed by atoms with Crippen LogP contribution < -0.4 is 14.7 Å². The average molecular weight is 1870 g/mol. The first-order chi connectivity index (χ1) is 68.5. The molecule has 0 spiro atoms. The molecule has 0 radical (unpaired) electrons. The number of nitrogens with zero attached hydrogens (tertiary/aromatic N) is 3. The van der Waals surface area contributed by atoms with Gasteiger partial charge in [0.05, 0.1) is 0 Å². The van der Waals surface area contributed by atoms with Gasteiger partial charge in [-0.2, -0.15) is 0 Å². The normalized spacial score (nSPS) is 16.8. The lowest BCUT2D eigenvalue weighted by atomic mass is 9.54. The molecule has 143 heavy (non-hydrogen) atoms. The number of benzene rings is 18. The van der Waals surface area contributed by atoms with E-state index in [1.807, 2.05) is 23.5 Å². The number of anilines is 9. The highest BCUT2D eigenvalue weighted by Crippen LogP contribution is 2.66. The van der Waals surface area contributed by atoms with Gasteiger partial charge < -0.3 is 19.1 Å². The lowest BCUT2D eigenvalue weighted by Crippen LogP contribution is -2.43. The standard InChI is InChI=1S/C48H45N.C45H39NO.C45H39NS/c1-45(2)39-20-14-12-18-33(39)35-24-22-31(26-41(35)45)49(30-16-10-9-11-17-30)32-23-25-36-37-29-44-38(28-43(37)46(3,4)42(36)27-32)34-19-13-15-21-40(34)47(5,6)48(44,7)8;1-43(2)38-24-29(46(28-14-8-7-9-15-28)30-21-23-34-33-17-11-13-19-41(33)47-42(34)25-30)20-22-32(38)35-27-40-36(26-39(35)43)31-16-10-12-18-37(31)44(3,4)45(40,5)6;1-43(2)36-23-24-37-42(32-17-10-12-18-35(32)44(3,4)45(37,5)6)41(36)33-22-20-30(27-38(33)43)46(28-14-8-7-9-15-28)29-21-25-40-34(26-29)31-16-11-13-19-39(31)47-40/h9-29H,1-8H3;2*7-27H,1-6H3. The van der Waals surface area contributed by atoms with Gasteiger partial charge in [-0.05, 0) is 340 Å². The van der Waals surface area contributed by atoms with Crippen LogP contribution in [0, 0.1) is 0 Å². The van der Waals surface area contributed by atoms with Gasteiger partial charge in [-0.25, -0.2) is 0 Å². The van der Waals surface area contributed by atoms with E-state index in [9.17, 15) is 0 Å². The molecule has 0 amide bonds. The van der Waals surface area contributed by atoms with Gasteiger partial charge in [-0.1, -0.05) is 363 Å². The second-order valence-electron chi connectivity index (χ2n) is 46.7. The maximum atomic E-state index is 6.34. The molecule has 0 atom stereocenters. The molecule has 7 aliphatic rings. The van der Waals surface area contributed by atoms with Gasteiger partial charge in [0.2, 0.25) is 0 Å². The highest BCUT2D eigenvalue weighted by atomic mass is 32.1. The van der Waals surface area contributed by atoms with E-state index < -0.39 is 0 Å². The van der Waals surface area contributed by atoms with Crippen molar-refractivity contribution in [1.29, 1.82) is 0 Å². The SMILES string of the molecule is CC1(C)c2cc(N(c3ccccc3)c3ccc4c(c3)oc3ccccc34)ccc2-c2cc3c(cc21)-c1ccccc1C(C)(C)C3(C)C.CC1(C)c2cc(N(c3ccccc3)c3ccc4sc5ccccc5c4c3)ccc2-c2c1ccc1c2-c2ccccc2C(C)(C)C1(C)C.CC1(C)c2ccccc2-c2ccc(N(c3ccccc3)c3ccc4c(c3)C(C)(C)c3cc5c(cc3-4)C(C)(C)C(C)(C)c3ccccc3-5)cc21. The summed E-state index contributed by atoms with van der Waals surface area (Å²) in [5.41, 5.74) is 50.8. The molecule has 20 aromatic rings. The maximum absolute atomic E-state index is 6.34. The topological polar surface area (TPSA) is 22.9 Å². The number of fused-ring (bicyclic) bond motifs is 28. The molecule has 0 aliphatic heterocycles. The zero-order chi connectivity index (χ0) is 98.7. The van der Waals surface area contributed by atoms with Crippen LogP contribution in [-0.2, 0) is 54.1 Å². The molecule has 7 aliphatic carbocycles. The van der Waals surface area contributed by atoms with Crippen LogP contribution in [0.15, 0.2) is 387 Å². The van der Waals surface area contributed by atoms with Gasteiger partial charge in [0, 0.05) is 110 Å². The minimum atomic E-state index is -0.160. The summed E-state index contributed by atoms with van der Waals surface area (Å²) in [4.78, 5) is 7.24.